The van der Waals surface area contributed by atoms with Gasteiger partial charge in [-0.1, -0.05) is 0 Å². The summed E-state index contributed by atoms with van der Waals surface area (Å²) in [4.78, 5) is 0. The third-order valence-electron chi connectivity index (χ3n) is 1.52. The van der Waals surface area contributed by atoms with Crippen LogP contribution in [0.25, 0.3) is 0 Å². The van der Waals surface area contributed by atoms with E-state index >= 15 is 0 Å². The van der Waals surface area contributed by atoms with Crippen molar-refractivity contribution in [3.63, 3.8) is 0 Å². The summed E-state index contributed by atoms with van der Waals surface area (Å²) < 4.78 is 1.82. The van der Waals surface area contributed by atoms with Crippen molar-refractivity contribution in [2.75, 3.05) is 0 Å². The summed E-state index contributed by atoms with van der Waals surface area (Å²) in [6, 6.07) is 0. The Labute approximate surface area is 61.1 Å². The Morgan fingerprint density at radius 3 is 2.80 bits per heavy atom. The third kappa shape index (κ3) is 1.21. The van der Waals surface area contributed by atoms with E-state index in [0.717, 1.165) is 17.7 Å². The van der Waals surface area contributed by atoms with E-state index in [2.05, 4.69) is 5.10 Å². The maximum absolute atomic E-state index is 8.75. The van der Waals surface area contributed by atoms with Gasteiger partial charge in [0.1, 0.15) is 7.85 Å². The Bertz CT molecular complexity index is 222. The van der Waals surface area contributed by atoms with Gasteiger partial charge in [0, 0.05) is 12.7 Å². The predicted molar refractivity (Wildman–Crippen MR) is 42.0 cm³/mol. The van der Waals surface area contributed by atoms with Gasteiger partial charge in [-0.25, -0.2) is 0 Å². The summed E-state index contributed by atoms with van der Waals surface area (Å²) in [5.41, 5.74) is 1.84. The van der Waals surface area contributed by atoms with Gasteiger partial charge in [-0.15, -0.1) is 0 Å². The molecule has 0 aliphatic rings. The standard InChI is InChI=1S/C6H11BN2O/c1-2-9-3-5(7)6(4-10)8-9/h3,10H,2,4,7H2,1H3. The van der Waals surface area contributed by atoms with Crippen LogP contribution in [-0.4, -0.2) is 22.7 Å². The van der Waals surface area contributed by atoms with E-state index in [1.807, 2.05) is 25.6 Å². The molecule has 0 spiro atoms. The first-order valence-electron chi connectivity index (χ1n) is 3.41. The SMILES string of the molecule is Bc1cn(CC)nc1CO. The second kappa shape index (κ2) is 2.88. The number of nitrogens with zero attached hydrogens (tertiary/aromatic N) is 2. The van der Waals surface area contributed by atoms with Gasteiger partial charge >= 0.3 is 0 Å². The van der Waals surface area contributed by atoms with Crippen LogP contribution in [-0.2, 0) is 13.2 Å². The molecule has 1 heterocycles. The first-order valence-corrected chi connectivity index (χ1v) is 3.41. The molecule has 0 saturated heterocycles. The molecule has 54 valence electrons. The molecule has 0 fully saturated rings. The first-order chi connectivity index (χ1) is 4.77. The van der Waals surface area contributed by atoms with Crippen LogP contribution in [0.2, 0.25) is 0 Å². The molecular weight excluding hydrogens is 127 g/mol. The van der Waals surface area contributed by atoms with Gasteiger partial charge in [-0.2, -0.15) is 5.10 Å². The van der Waals surface area contributed by atoms with Gasteiger partial charge < -0.3 is 5.11 Å². The Kier molecular flexibility index (Phi) is 2.11. The smallest absolute Gasteiger partial charge is 0.143 e. The van der Waals surface area contributed by atoms with Crippen LogP contribution in [0.3, 0.4) is 0 Å². The van der Waals surface area contributed by atoms with Crippen LogP contribution < -0.4 is 5.46 Å². The highest BCUT2D eigenvalue weighted by Gasteiger charge is 2.00. The van der Waals surface area contributed by atoms with Crippen molar-refractivity contribution in [3.8, 4) is 0 Å². The maximum atomic E-state index is 8.75. The summed E-state index contributed by atoms with van der Waals surface area (Å²) >= 11 is 0. The Hall–Kier alpha value is -0.765. The van der Waals surface area contributed by atoms with E-state index in [-0.39, 0.29) is 6.61 Å². The van der Waals surface area contributed by atoms with Crippen LogP contribution >= 0.6 is 0 Å². The van der Waals surface area contributed by atoms with Crippen molar-refractivity contribution in [2.45, 2.75) is 20.1 Å². The molecule has 1 aromatic rings. The zero-order chi connectivity index (χ0) is 7.56. The molecular formula is C6H11BN2O. The third-order valence-corrected chi connectivity index (χ3v) is 1.52. The summed E-state index contributed by atoms with van der Waals surface area (Å²) in [6.07, 6.45) is 1.94. The zero-order valence-corrected chi connectivity index (χ0v) is 6.33. The topological polar surface area (TPSA) is 38.0 Å². The summed E-state index contributed by atoms with van der Waals surface area (Å²) in [5.74, 6) is 0. The number of aryl methyl sites for hydroxylation is 1. The minimum atomic E-state index is 0.0405. The Morgan fingerprint density at radius 1 is 1.80 bits per heavy atom. The minimum Gasteiger partial charge on any atom is -0.390 e. The molecule has 0 unspecified atom stereocenters. The van der Waals surface area contributed by atoms with E-state index in [1.54, 1.807) is 0 Å². The van der Waals surface area contributed by atoms with Crippen molar-refractivity contribution in [2.24, 2.45) is 0 Å². The van der Waals surface area contributed by atoms with Crippen LogP contribution in [0.1, 0.15) is 12.6 Å². The van der Waals surface area contributed by atoms with E-state index in [0.29, 0.717) is 0 Å². The fourth-order valence-corrected chi connectivity index (χ4v) is 0.879. The van der Waals surface area contributed by atoms with Gasteiger partial charge in [0.15, 0.2) is 0 Å². The lowest BCUT2D eigenvalue weighted by Crippen LogP contribution is -2.05. The molecule has 0 atom stereocenters. The van der Waals surface area contributed by atoms with Crippen LogP contribution in [0.4, 0.5) is 0 Å². The van der Waals surface area contributed by atoms with Crippen molar-refractivity contribution in [1.29, 1.82) is 0 Å². The van der Waals surface area contributed by atoms with Gasteiger partial charge in [0.25, 0.3) is 0 Å². The summed E-state index contributed by atoms with van der Waals surface area (Å²) in [5, 5.41) is 12.9. The number of aliphatic hydroxyl groups excluding tert-OH is 1. The van der Waals surface area contributed by atoms with Crippen LogP contribution in [0.5, 0.6) is 0 Å². The van der Waals surface area contributed by atoms with Crippen molar-refractivity contribution < 1.29 is 5.11 Å². The lowest BCUT2D eigenvalue weighted by molar-refractivity contribution is 0.276. The second-order valence-electron chi connectivity index (χ2n) is 2.27. The van der Waals surface area contributed by atoms with Gasteiger partial charge in [-0.3, -0.25) is 4.68 Å². The number of aliphatic hydroxyl groups is 1. The highest BCUT2D eigenvalue weighted by atomic mass is 16.3. The number of rotatable bonds is 2. The molecule has 0 aliphatic carbocycles. The lowest BCUT2D eigenvalue weighted by Gasteiger charge is -1.90. The molecule has 0 amide bonds. The second-order valence-corrected chi connectivity index (χ2v) is 2.27. The first kappa shape index (κ1) is 7.34. The highest BCUT2D eigenvalue weighted by Crippen LogP contribution is 1.89. The predicted octanol–water partition coefficient (Wildman–Crippen LogP) is -1.35. The fraction of sp³-hybridized carbons (Fsp3) is 0.500. The number of aromatic nitrogens is 2. The molecule has 0 aromatic carbocycles. The monoisotopic (exact) mass is 138 g/mol. The molecule has 0 bridgehead atoms. The van der Waals surface area contributed by atoms with E-state index < -0.39 is 0 Å². The molecule has 1 rings (SSSR count). The van der Waals surface area contributed by atoms with Crippen molar-refractivity contribution in [3.05, 3.63) is 11.9 Å². The molecule has 4 heteroatoms. The summed E-state index contributed by atoms with van der Waals surface area (Å²) in [7, 11) is 1.95. The molecule has 1 aromatic heterocycles. The Balaban J connectivity index is 2.92. The van der Waals surface area contributed by atoms with Crippen molar-refractivity contribution in [1.82, 2.24) is 9.78 Å². The van der Waals surface area contributed by atoms with E-state index in [9.17, 15) is 0 Å². The Morgan fingerprint density at radius 2 is 2.50 bits per heavy atom. The molecule has 0 saturated carbocycles. The quantitative estimate of drug-likeness (QED) is 0.513. The van der Waals surface area contributed by atoms with Crippen LogP contribution in [0, 0.1) is 0 Å². The average molecular weight is 138 g/mol. The largest absolute Gasteiger partial charge is 0.390 e. The van der Waals surface area contributed by atoms with E-state index in [4.69, 9.17) is 5.11 Å². The van der Waals surface area contributed by atoms with Gasteiger partial charge in [-0.05, 0) is 12.4 Å². The normalized spacial score (nSPS) is 10.2. The molecule has 10 heavy (non-hydrogen) atoms. The fourth-order valence-electron chi connectivity index (χ4n) is 0.879. The van der Waals surface area contributed by atoms with E-state index in [1.165, 1.54) is 0 Å². The zero-order valence-electron chi connectivity index (χ0n) is 6.33. The van der Waals surface area contributed by atoms with Gasteiger partial charge in [0.05, 0.1) is 12.3 Å². The summed E-state index contributed by atoms with van der Waals surface area (Å²) in [6.45, 7) is 2.92. The minimum absolute atomic E-state index is 0.0405. The number of hydrogen-bond donors (Lipinski definition) is 1. The molecule has 0 radical (unpaired) electrons. The number of hydrogen-bond acceptors (Lipinski definition) is 2. The lowest BCUT2D eigenvalue weighted by atomic mass is 9.97. The van der Waals surface area contributed by atoms with Crippen LogP contribution in [0.15, 0.2) is 6.20 Å². The molecule has 0 aliphatic heterocycles. The van der Waals surface area contributed by atoms with Gasteiger partial charge in [0.2, 0.25) is 0 Å². The highest BCUT2D eigenvalue weighted by molar-refractivity contribution is 6.32. The molecule has 3 nitrogen and oxygen atoms in total. The molecule has 1 N–H and O–H groups in total. The maximum Gasteiger partial charge on any atom is 0.143 e. The average Bonchev–Trinajstić information content (AvgIpc) is 2.30. The van der Waals surface area contributed by atoms with Crippen molar-refractivity contribution >= 4 is 13.3 Å².